The Hall–Kier alpha value is -2.25. The fourth-order valence-electron chi connectivity index (χ4n) is 6.87. The van der Waals surface area contributed by atoms with Crippen molar-refractivity contribution in [1.29, 1.82) is 0 Å². The van der Waals surface area contributed by atoms with E-state index >= 15 is 0 Å². The van der Waals surface area contributed by atoms with Crippen LogP contribution in [-0.4, -0.2) is 40.4 Å². The van der Waals surface area contributed by atoms with Crippen LogP contribution in [0.5, 0.6) is 11.5 Å². The third kappa shape index (κ3) is 3.60. The van der Waals surface area contributed by atoms with Crippen LogP contribution in [0.15, 0.2) is 35.2 Å². The van der Waals surface area contributed by atoms with E-state index in [4.69, 9.17) is 21.7 Å². The average molecular weight is 481 g/mol. The molecule has 5 nitrogen and oxygen atoms in total. The molecule has 1 saturated heterocycles. The second-order valence-electron chi connectivity index (χ2n) is 9.87. The summed E-state index contributed by atoms with van der Waals surface area (Å²) in [5.74, 6) is 4.58. The maximum absolute atomic E-state index is 13.5. The van der Waals surface area contributed by atoms with E-state index in [9.17, 15) is 4.79 Å². The van der Waals surface area contributed by atoms with Crippen molar-refractivity contribution in [2.45, 2.75) is 38.1 Å². The molecule has 1 amide bonds. The zero-order chi connectivity index (χ0) is 22.7. The van der Waals surface area contributed by atoms with Crippen LogP contribution >= 0.6 is 24.0 Å². The molecule has 2 heterocycles. The van der Waals surface area contributed by atoms with E-state index in [0.29, 0.717) is 22.8 Å². The number of thioether (sulfide) groups is 1. The number of rotatable bonds is 5. The Morgan fingerprint density at radius 2 is 1.76 bits per heavy atom. The first kappa shape index (κ1) is 21.3. The molecule has 4 saturated carbocycles. The van der Waals surface area contributed by atoms with Gasteiger partial charge in [-0.05, 0) is 86.1 Å². The molecule has 33 heavy (non-hydrogen) atoms. The first-order valence-corrected chi connectivity index (χ1v) is 12.9. The SMILES string of the molecule is COc1ccc(-c2ccc(/C=C3\SC(=S)N(C4C5CC6CC(C5)CC4C6)C3=O)[nH]2)c(OC)c1. The van der Waals surface area contributed by atoms with Gasteiger partial charge in [0.1, 0.15) is 15.8 Å². The number of carbonyl (C=O) groups excluding carboxylic acids is 1. The third-order valence-corrected chi connectivity index (χ3v) is 9.32. The molecule has 1 aromatic heterocycles. The molecule has 1 aliphatic heterocycles. The van der Waals surface area contributed by atoms with E-state index in [2.05, 4.69) is 4.98 Å². The second kappa shape index (κ2) is 8.20. The van der Waals surface area contributed by atoms with Crippen LogP contribution in [0.25, 0.3) is 17.3 Å². The van der Waals surface area contributed by atoms with Crippen molar-refractivity contribution in [1.82, 2.24) is 9.88 Å². The van der Waals surface area contributed by atoms with Crippen molar-refractivity contribution in [2.24, 2.45) is 23.7 Å². The number of methoxy groups -OCH3 is 2. The van der Waals surface area contributed by atoms with Crippen LogP contribution in [0.2, 0.25) is 0 Å². The highest BCUT2D eigenvalue weighted by atomic mass is 32.2. The van der Waals surface area contributed by atoms with E-state index < -0.39 is 0 Å². The zero-order valence-electron chi connectivity index (χ0n) is 18.9. The first-order valence-electron chi connectivity index (χ1n) is 11.7. The maximum Gasteiger partial charge on any atom is 0.266 e. The normalized spacial score (nSPS) is 31.6. The van der Waals surface area contributed by atoms with E-state index in [1.165, 1.54) is 43.9 Å². The number of nitrogens with zero attached hydrogens (tertiary/aromatic N) is 1. The molecule has 4 bridgehead atoms. The Balaban J connectivity index is 1.25. The number of H-pyrrole nitrogens is 1. The van der Waals surface area contributed by atoms with Crippen molar-refractivity contribution < 1.29 is 14.3 Å². The summed E-state index contributed by atoms with van der Waals surface area (Å²) in [6, 6.07) is 10.1. The third-order valence-electron chi connectivity index (χ3n) is 7.99. The molecule has 7 rings (SSSR count). The number of hydrogen-bond acceptors (Lipinski definition) is 5. The number of carbonyl (C=O) groups is 1. The number of aromatic amines is 1. The molecule has 0 atom stereocenters. The summed E-state index contributed by atoms with van der Waals surface area (Å²) in [5, 5.41) is 0. The molecule has 5 aliphatic rings. The highest BCUT2D eigenvalue weighted by Gasteiger charge is 2.53. The Morgan fingerprint density at radius 3 is 2.42 bits per heavy atom. The van der Waals surface area contributed by atoms with E-state index in [1.54, 1.807) is 14.2 Å². The molecule has 0 unspecified atom stereocenters. The molecule has 1 N–H and O–H groups in total. The maximum atomic E-state index is 13.5. The standard InChI is InChI=1S/C26H28N2O3S2/c1-30-19-4-5-20(22(13-19)31-2)21-6-3-18(27-21)12-23-25(29)28(26(32)33-23)24-16-8-14-7-15(10-16)11-17(24)9-14/h3-6,12-17,24,27H,7-11H2,1-2H3/b23-12-. The lowest BCUT2D eigenvalue weighted by Crippen LogP contribution is -2.57. The van der Waals surface area contributed by atoms with E-state index in [-0.39, 0.29) is 5.91 Å². The molecule has 1 aromatic carbocycles. The number of aromatic nitrogens is 1. The van der Waals surface area contributed by atoms with Gasteiger partial charge in [-0.1, -0.05) is 24.0 Å². The Bertz CT molecular complexity index is 1130. The summed E-state index contributed by atoms with van der Waals surface area (Å²) < 4.78 is 11.6. The lowest BCUT2D eigenvalue weighted by Gasteiger charge is -2.56. The highest BCUT2D eigenvalue weighted by molar-refractivity contribution is 8.26. The topological polar surface area (TPSA) is 54.6 Å². The summed E-state index contributed by atoms with van der Waals surface area (Å²) in [5.41, 5.74) is 2.75. The fourth-order valence-corrected chi connectivity index (χ4v) is 8.21. The van der Waals surface area contributed by atoms with Gasteiger partial charge in [0.25, 0.3) is 5.91 Å². The molecule has 4 aliphatic carbocycles. The summed E-state index contributed by atoms with van der Waals surface area (Å²) in [6.45, 7) is 0. The van der Waals surface area contributed by atoms with Crippen molar-refractivity contribution in [2.75, 3.05) is 14.2 Å². The number of ether oxygens (including phenoxy) is 2. The van der Waals surface area contributed by atoms with Gasteiger partial charge < -0.3 is 14.5 Å². The van der Waals surface area contributed by atoms with Gasteiger partial charge in [-0.15, -0.1) is 0 Å². The number of amides is 1. The average Bonchev–Trinajstić information content (AvgIpc) is 3.38. The van der Waals surface area contributed by atoms with Crippen molar-refractivity contribution >= 4 is 40.3 Å². The minimum Gasteiger partial charge on any atom is -0.497 e. The fraction of sp³-hybridized carbons (Fsp3) is 0.462. The number of nitrogens with one attached hydrogen (secondary N) is 1. The van der Waals surface area contributed by atoms with Gasteiger partial charge in [0, 0.05) is 29.1 Å². The summed E-state index contributed by atoms with van der Waals surface area (Å²) in [6.07, 6.45) is 8.45. The van der Waals surface area contributed by atoms with Crippen LogP contribution in [0.4, 0.5) is 0 Å². The van der Waals surface area contributed by atoms with Crippen LogP contribution in [0.1, 0.15) is 37.8 Å². The summed E-state index contributed by atoms with van der Waals surface area (Å²) in [7, 11) is 3.29. The summed E-state index contributed by atoms with van der Waals surface area (Å²) in [4.78, 5) is 19.6. The molecule has 0 spiro atoms. The largest absolute Gasteiger partial charge is 0.497 e. The van der Waals surface area contributed by atoms with Gasteiger partial charge in [-0.2, -0.15) is 0 Å². The molecular formula is C26H28N2O3S2. The Morgan fingerprint density at radius 1 is 1.03 bits per heavy atom. The summed E-state index contributed by atoms with van der Waals surface area (Å²) >= 11 is 7.18. The Labute approximate surface area is 203 Å². The van der Waals surface area contributed by atoms with Crippen LogP contribution in [0.3, 0.4) is 0 Å². The van der Waals surface area contributed by atoms with Crippen LogP contribution in [-0.2, 0) is 4.79 Å². The number of benzene rings is 1. The lowest BCUT2D eigenvalue weighted by atomic mass is 9.54. The van der Waals surface area contributed by atoms with Gasteiger partial charge in [0.15, 0.2) is 0 Å². The zero-order valence-corrected chi connectivity index (χ0v) is 20.5. The molecule has 7 heteroatoms. The quantitative estimate of drug-likeness (QED) is 0.438. The monoisotopic (exact) mass is 480 g/mol. The van der Waals surface area contributed by atoms with Gasteiger partial charge in [0.05, 0.1) is 19.1 Å². The minimum absolute atomic E-state index is 0.0839. The smallest absolute Gasteiger partial charge is 0.266 e. The van der Waals surface area contributed by atoms with Crippen molar-refractivity contribution in [3.63, 3.8) is 0 Å². The van der Waals surface area contributed by atoms with Gasteiger partial charge in [-0.3, -0.25) is 9.69 Å². The highest BCUT2D eigenvalue weighted by Crippen LogP contribution is 2.56. The number of thiocarbonyl (C=S) groups is 1. The molecule has 0 radical (unpaired) electrons. The van der Waals surface area contributed by atoms with Gasteiger partial charge >= 0.3 is 0 Å². The van der Waals surface area contributed by atoms with E-state index in [1.807, 2.05) is 41.3 Å². The number of hydrogen-bond donors (Lipinski definition) is 1. The second-order valence-corrected chi connectivity index (χ2v) is 11.5. The molecular weight excluding hydrogens is 452 g/mol. The van der Waals surface area contributed by atoms with Crippen molar-refractivity contribution in [3.8, 4) is 22.8 Å². The molecule has 2 aromatic rings. The first-order chi connectivity index (χ1) is 16.0. The predicted molar refractivity (Wildman–Crippen MR) is 135 cm³/mol. The molecule has 5 fully saturated rings. The van der Waals surface area contributed by atoms with Gasteiger partial charge in [-0.25, -0.2) is 0 Å². The molecule has 172 valence electrons. The minimum atomic E-state index is 0.0839. The van der Waals surface area contributed by atoms with Crippen LogP contribution in [0, 0.1) is 23.7 Å². The lowest BCUT2D eigenvalue weighted by molar-refractivity contribution is -0.130. The van der Waals surface area contributed by atoms with E-state index in [0.717, 1.165) is 44.6 Å². The van der Waals surface area contributed by atoms with Crippen molar-refractivity contribution in [3.05, 3.63) is 40.9 Å². The Kier molecular flexibility index (Phi) is 5.29. The van der Waals surface area contributed by atoms with Gasteiger partial charge in [0.2, 0.25) is 0 Å². The predicted octanol–water partition coefficient (Wildman–Crippen LogP) is 5.72. The van der Waals surface area contributed by atoms with Crippen LogP contribution < -0.4 is 9.47 Å².